The van der Waals surface area contributed by atoms with E-state index < -0.39 is 0 Å². The average molecular weight is 374 g/mol. The number of benzene rings is 2. The minimum absolute atomic E-state index is 0.736. The zero-order chi connectivity index (χ0) is 18.8. The SMILES string of the molecule is c1ccc(C2C[C@H]3CC[C@@H](C2)N3CCCc2nnnn2-c2ccccc2)cc1. The molecule has 2 aliphatic heterocycles. The number of nitrogens with zero attached hydrogens (tertiary/aromatic N) is 5. The van der Waals surface area contributed by atoms with E-state index in [2.05, 4.69) is 62.9 Å². The van der Waals surface area contributed by atoms with Gasteiger partial charge in [0.2, 0.25) is 0 Å². The van der Waals surface area contributed by atoms with Crippen LogP contribution in [0.2, 0.25) is 0 Å². The van der Waals surface area contributed by atoms with E-state index in [0.29, 0.717) is 0 Å². The number of hydrogen-bond donors (Lipinski definition) is 0. The van der Waals surface area contributed by atoms with Crippen molar-refractivity contribution in [1.29, 1.82) is 0 Å². The molecule has 2 fully saturated rings. The molecule has 0 amide bonds. The maximum absolute atomic E-state index is 4.26. The van der Waals surface area contributed by atoms with Crippen molar-refractivity contribution in [3.05, 3.63) is 72.1 Å². The fraction of sp³-hybridized carbons (Fsp3) is 0.435. The molecule has 0 radical (unpaired) electrons. The van der Waals surface area contributed by atoms with Gasteiger partial charge in [0.15, 0.2) is 5.82 Å². The van der Waals surface area contributed by atoms with Gasteiger partial charge in [-0.1, -0.05) is 48.5 Å². The molecule has 28 heavy (non-hydrogen) atoms. The molecule has 144 valence electrons. The molecule has 0 N–H and O–H groups in total. The van der Waals surface area contributed by atoms with Crippen LogP contribution < -0.4 is 0 Å². The summed E-state index contributed by atoms with van der Waals surface area (Å²) in [5, 5.41) is 12.3. The quantitative estimate of drug-likeness (QED) is 0.655. The number of para-hydroxylation sites is 1. The summed E-state index contributed by atoms with van der Waals surface area (Å²) in [6.45, 7) is 1.15. The topological polar surface area (TPSA) is 46.8 Å². The van der Waals surface area contributed by atoms with Gasteiger partial charge in [-0.25, -0.2) is 0 Å². The van der Waals surface area contributed by atoms with E-state index in [1.807, 2.05) is 22.9 Å². The summed E-state index contributed by atoms with van der Waals surface area (Å²) in [5.74, 6) is 1.69. The van der Waals surface area contributed by atoms with Gasteiger partial charge in [-0.2, -0.15) is 4.68 Å². The second kappa shape index (κ2) is 7.84. The van der Waals surface area contributed by atoms with Crippen molar-refractivity contribution in [2.45, 2.75) is 56.5 Å². The van der Waals surface area contributed by atoms with Crippen molar-refractivity contribution < 1.29 is 0 Å². The van der Waals surface area contributed by atoms with E-state index >= 15 is 0 Å². The summed E-state index contributed by atoms with van der Waals surface area (Å²) >= 11 is 0. The third-order valence-electron chi connectivity index (χ3n) is 6.51. The molecule has 3 aromatic rings. The Morgan fingerprint density at radius 1 is 0.857 bits per heavy atom. The van der Waals surface area contributed by atoms with Crippen LogP contribution in [0.4, 0.5) is 0 Å². The van der Waals surface area contributed by atoms with Crippen LogP contribution in [0.25, 0.3) is 5.69 Å². The van der Waals surface area contributed by atoms with Crippen LogP contribution >= 0.6 is 0 Å². The number of rotatable bonds is 6. The minimum atomic E-state index is 0.736. The van der Waals surface area contributed by atoms with E-state index in [-0.39, 0.29) is 0 Å². The van der Waals surface area contributed by atoms with Crippen LogP contribution in [0.3, 0.4) is 0 Å². The van der Waals surface area contributed by atoms with E-state index in [9.17, 15) is 0 Å². The second-order valence-electron chi connectivity index (χ2n) is 8.15. The van der Waals surface area contributed by atoms with Crippen molar-refractivity contribution >= 4 is 0 Å². The molecule has 3 heterocycles. The van der Waals surface area contributed by atoms with Gasteiger partial charge in [-0.05, 0) is 72.7 Å². The smallest absolute Gasteiger partial charge is 0.156 e. The van der Waals surface area contributed by atoms with Gasteiger partial charge >= 0.3 is 0 Å². The summed E-state index contributed by atoms with van der Waals surface area (Å²) in [6.07, 6.45) is 7.35. The van der Waals surface area contributed by atoms with Crippen molar-refractivity contribution in [3.63, 3.8) is 0 Å². The number of aromatic nitrogens is 4. The summed E-state index contributed by atoms with van der Waals surface area (Å²) in [5.41, 5.74) is 2.56. The standard InChI is InChI=1S/C23H27N5/c1-3-8-18(9-4-1)19-16-21-13-14-22(17-19)27(21)15-7-12-23-24-25-26-28(23)20-10-5-2-6-11-20/h1-6,8-11,19,21-22H,7,12-17H2/t19?,21-,22+. The molecule has 0 saturated carbocycles. The first kappa shape index (κ1) is 17.6. The first-order valence-electron chi connectivity index (χ1n) is 10.5. The number of piperidine rings is 1. The van der Waals surface area contributed by atoms with Crippen LogP contribution in [0.1, 0.15) is 49.4 Å². The lowest BCUT2D eigenvalue weighted by atomic mass is 9.85. The maximum atomic E-state index is 4.26. The maximum Gasteiger partial charge on any atom is 0.156 e. The highest BCUT2D eigenvalue weighted by molar-refractivity contribution is 5.30. The molecule has 3 atom stereocenters. The first-order valence-corrected chi connectivity index (χ1v) is 10.5. The van der Waals surface area contributed by atoms with Gasteiger partial charge in [-0.15, -0.1) is 5.10 Å². The zero-order valence-electron chi connectivity index (χ0n) is 16.2. The number of tetrazole rings is 1. The van der Waals surface area contributed by atoms with Gasteiger partial charge in [-0.3, -0.25) is 4.90 Å². The predicted molar refractivity (Wildman–Crippen MR) is 109 cm³/mol. The lowest BCUT2D eigenvalue weighted by Crippen LogP contribution is -2.42. The Hall–Kier alpha value is -2.53. The number of fused-ring (bicyclic) bond motifs is 2. The predicted octanol–water partition coefficient (Wildman–Crippen LogP) is 4.01. The third kappa shape index (κ3) is 3.47. The lowest BCUT2D eigenvalue weighted by molar-refractivity contribution is 0.125. The molecule has 0 spiro atoms. The lowest BCUT2D eigenvalue weighted by Gasteiger charge is -2.39. The van der Waals surface area contributed by atoms with Crippen molar-refractivity contribution in [3.8, 4) is 5.69 Å². The van der Waals surface area contributed by atoms with Gasteiger partial charge in [0.25, 0.3) is 0 Å². The molecular weight excluding hydrogens is 346 g/mol. The Balaban J connectivity index is 1.20. The van der Waals surface area contributed by atoms with Crippen LogP contribution in [-0.2, 0) is 6.42 Å². The summed E-state index contributed by atoms with van der Waals surface area (Å²) < 4.78 is 1.87. The van der Waals surface area contributed by atoms with Crippen LogP contribution in [0.5, 0.6) is 0 Å². The molecule has 1 aromatic heterocycles. The highest BCUT2D eigenvalue weighted by Crippen LogP contribution is 2.42. The minimum Gasteiger partial charge on any atom is -0.297 e. The Bertz CT molecular complexity index is 878. The molecule has 2 aliphatic rings. The van der Waals surface area contributed by atoms with E-state index in [4.69, 9.17) is 0 Å². The van der Waals surface area contributed by atoms with Crippen LogP contribution in [0.15, 0.2) is 60.7 Å². The second-order valence-corrected chi connectivity index (χ2v) is 8.15. The van der Waals surface area contributed by atoms with Crippen molar-refractivity contribution in [2.75, 3.05) is 6.54 Å². The molecule has 5 nitrogen and oxygen atoms in total. The van der Waals surface area contributed by atoms with Crippen LogP contribution in [-0.4, -0.2) is 43.7 Å². The highest BCUT2D eigenvalue weighted by Gasteiger charge is 2.40. The van der Waals surface area contributed by atoms with Crippen molar-refractivity contribution in [1.82, 2.24) is 25.1 Å². The molecular formula is C23H27N5. The summed E-state index contributed by atoms with van der Waals surface area (Å²) in [6, 6.07) is 22.8. The number of hydrogen-bond acceptors (Lipinski definition) is 4. The van der Waals surface area contributed by atoms with E-state index in [0.717, 1.165) is 48.9 Å². The van der Waals surface area contributed by atoms with E-state index in [1.54, 1.807) is 0 Å². The molecule has 2 saturated heterocycles. The largest absolute Gasteiger partial charge is 0.297 e. The molecule has 0 aliphatic carbocycles. The van der Waals surface area contributed by atoms with Gasteiger partial charge in [0, 0.05) is 18.5 Å². The molecule has 5 rings (SSSR count). The third-order valence-corrected chi connectivity index (χ3v) is 6.51. The van der Waals surface area contributed by atoms with Gasteiger partial charge < -0.3 is 0 Å². The number of aryl methyl sites for hydroxylation is 1. The normalized spacial score (nSPS) is 24.5. The molecule has 1 unspecified atom stereocenters. The van der Waals surface area contributed by atoms with Gasteiger partial charge in [0.1, 0.15) is 0 Å². The summed E-state index contributed by atoms with van der Waals surface area (Å²) in [7, 11) is 0. The monoisotopic (exact) mass is 373 g/mol. The average Bonchev–Trinajstić information content (AvgIpc) is 3.30. The summed E-state index contributed by atoms with van der Waals surface area (Å²) in [4.78, 5) is 2.77. The van der Waals surface area contributed by atoms with Crippen molar-refractivity contribution in [2.24, 2.45) is 0 Å². The Labute approximate surface area is 166 Å². The Morgan fingerprint density at radius 2 is 1.54 bits per heavy atom. The molecule has 5 heteroatoms. The highest BCUT2D eigenvalue weighted by atomic mass is 15.5. The first-order chi connectivity index (χ1) is 13.9. The Kier molecular flexibility index (Phi) is 4.92. The molecule has 2 bridgehead atoms. The van der Waals surface area contributed by atoms with E-state index in [1.165, 1.54) is 31.2 Å². The fourth-order valence-electron chi connectivity index (χ4n) is 5.19. The van der Waals surface area contributed by atoms with Crippen LogP contribution in [0, 0.1) is 0 Å². The van der Waals surface area contributed by atoms with Gasteiger partial charge in [0.05, 0.1) is 5.69 Å². The zero-order valence-corrected chi connectivity index (χ0v) is 16.2. The Morgan fingerprint density at radius 3 is 2.25 bits per heavy atom. The fourth-order valence-corrected chi connectivity index (χ4v) is 5.19. The molecule has 2 aromatic carbocycles.